The van der Waals surface area contributed by atoms with Crippen LogP contribution in [0.2, 0.25) is 0 Å². The van der Waals surface area contributed by atoms with E-state index in [-0.39, 0.29) is 23.2 Å². The van der Waals surface area contributed by atoms with Crippen LogP contribution in [0.4, 0.5) is 26.3 Å². The molecule has 206 valence electrons. The minimum atomic E-state index is -4.54. The van der Waals surface area contributed by atoms with E-state index in [2.05, 4.69) is 20.6 Å². The van der Waals surface area contributed by atoms with Gasteiger partial charge in [-0.1, -0.05) is 24.3 Å². The Bertz CT molecular complexity index is 1060. The molecule has 0 spiro atoms. The second-order valence-corrected chi connectivity index (χ2v) is 10.7. The first-order chi connectivity index (χ1) is 18.0. The number of alkyl halides is 6. The largest absolute Gasteiger partial charge is 0.497 e. The Hall–Kier alpha value is -2.74. The summed E-state index contributed by atoms with van der Waals surface area (Å²) in [5.41, 5.74) is 1.13. The fourth-order valence-corrected chi connectivity index (χ4v) is 5.90. The molecule has 14 heteroatoms. The molecule has 2 heterocycles. The summed E-state index contributed by atoms with van der Waals surface area (Å²) in [6.07, 6.45) is -9.73. The molecule has 0 saturated heterocycles. The van der Waals surface area contributed by atoms with E-state index in [0.717, 1.165) is 21.6 Å². The van der Waals surface area contributed by atoms with Gasteiger partial charge in [0.15, 0.2) is 10.3 Å². The van der Waals surface area contributed by atoms with Crippen molar-refractivity contribution in [1.29, 1.82) is 0 Å². The minimum Gasteiger partial charge on any atom is -0.497 e. The molecule has 0 radical (unpaired) electrons. The van der Waals surface area contributed by atoms with Crippen LogP contribution in [0.1, 0.15) is 36.1 Å². The van der Waals surface area contributed by atoms with Crippen LogP contribution in [-0.4, -0.2) is 49.0 Å². The van der Waals surface area contributed by atoms with Gasteiger partial charge in [0.25, 0.3) is 0 Å². The molecule has 6 nitrogen and oxygen atoms in total. The van der Waals surface area contributed by atoms with Crippen molar-refractivity contribution in [3.05, 3.63) is 59.7 Å². The molecule has 0 unspecified atom stereocenters. The molecule has 2 N–H and O–H groups in total. The quantitative estimate of drug-likeness (QED) is 0.322. The van der Waals surface area contributed by atoms with Crippen LogP contribution in [0.5, 0.6) is 11.5 Å². The van der Waals surface area contributed by atoms with Crippen molar-refractivity contribution >= 4 is 31.9 Å². The van der Waals surface area contributed by atoms with Crippen molar-refractivity contribution in [2.75, 3.05) is 14.2 Å². The number of amidine groups is 2. The molecule has 4 rings (SSSR count). The number of ether oxygens (including phenoxy) is 2. The lowest BCUT2D eigenvalue weighted by molar-refractivity contribution is -0.156. The lowest BCUT2D eigenvalue weighted by Gasteiger charge is -2.32. The number of methoxy groups -OCH3 is 2. The third-order valence-electron chi connectivity index (χ3n) is 6.05. The van der Waals surface area contributed by atoms with E-state index in [1.807, 2.05) is 0 Å². The van der Waals surface area contributed by atoms with Gasteiger partial charge in [-0.15, -0.1) is 0 Å². The summed E-state index contributed by atoms with van der Waals surface area (Å²) >= 11 is 0. The molecule has 4 atom stereocenters. The standard InChI is InChI=1S/C24H24F6N4O2S2/c1-35-15-7-3-13(4-8-15)17-11-19(23(25,26)27)33-21(31-17)37-38-22-32-18(12-20(34-22)24(28,29)30)14-5-9-16(36-2)10-6-14/h3-10,17-20H,11-12H2,1-2H3,(H,31,33)(H,32,34)/t17-,18-,19+,20+/m0/s1. The van der Waals surface area contributed by atoms with Gasteiger partial charge in [-0.3, -0.25) is 9.98 Å². The normalized spacial score (nSPS) is 24.0. The third-order valence-corrected chi connectivity index (χ3v) is 8.09. The Kier molecular flexibility index (Phi) is 8.60. The van der Waals surface area contributed by atoms with Crippen LogP contribution >= 0.6 is 21.6 Å². The molecule has 2 aliphatic rings. The summed E-state index contributed by atoms with van der Waals surface area (Å²) < 4.78 is 92.2. The first-order valence-corrected chi connectivity index (χ1v) is 13.6. The molecule has 0 amide bonds. The number of halogens is 6. The number of rotatable bonds is 4. The highest BCUT2D eigenvalue weighted by atomic mass is 33.1. The van der Waals surface area contributed by atoms with Crippen molar-refractivity contribution in [1.82, 2.24) is 10.6 Å². The van der Waals surface area contributed by atoms with E-state index in [1.165, 1.54) is 14.2 Å². The van der Waals surface area contributed by atoms with Crippen molar-refractivity contribution in [2.45, 2.75) is 49.4 Å². The molecular formula is C24H24F6N4O2S2. The van der Waals surface area contributed by atoms with Crippen LogP contribution in [0.3, 0.4) is 0 Å². The molecule has 0 bridgehead atoms. The Morgan fingerprint density at radius 1 is 0.658 bits per heavy atom. The predicted molar refractivity (Wildman–Crippen MR) is 137 cm³/mol. The molecule has 0 saturated carbocycles. The summed E-state index contributed by atoms with van der Waals surface area (Å²) in [6.45, 7) is 0. The maximum absolute atomic E-state index is 13.7. The summed E-state index contributed by atoms with van der Waals surface area (Å²) in [5.74, 6) is 1.10. The molecule has 0 aromatic heterocycles. The molecule has 2 aliphatic heterocycles. The average Bonchev–Trinajstić information content (AvgIpc) is 2.90. The van der Waals surface area contributed by atoms with E-state index in [0.29, 0.717) is 22.6 Å². The lowest BCUT2D eigenvalue weighted by atomic mass is 9.98. The van der Waals surface area contributed by atoms with E-state index >= 15 is 0 Å². The monoisotopic (exact) mass is 578 g/mol. The molecule has 2 aromatic carbocycles. The lowest BCUT2D eigenvalue weighted by Crippen LogP contribution is -2.49. The maximum Gasteiger partial charge on any atom is 0.408 e. The Balaban J connectivity index is 1.55. The van der Waals surface area contributed by atoms with Crippen molar-refractivity contribution in [3.8, 4) is 11.5 Å². The number of benzene rings is 2. The van der Waals surface area contributed by atoms with Gasteiger partial charge < -0.3 is 20.1 Å². The molecular weight excluding hydrogens is 554 g/mol. The second-order valence-electron chi connectivity index (χ2n) is 8.56. The van der Waals surface area contributed by atoms with Crippen LogP contribution in [0.15, 0.2) is 58.5 Å². The van der Waals surface area contributed by atoms with Gasteiger partial charge in [0, 0.05) is 12.8 Å². The van der Waals surface area contributed by atoms with Gasteiger partial charge in [-0.25, -0.2) is 0 Å². The second kappa shape index (κ2) is 11.6. The third kappa shape index (κ3) is 7.01. The number of aliphatic imine (C=N–C) groups is 2. The zero-order chi connectivity index (χ0) is 27.5. The van der Waals surface area contributed by atoms with Gasteiger partial charge in [0.05, 0.1) is 26.3 Å². The smallest absolute Gasteiger partial charge is 0.408 e. The molecule has 0 fully saturated rings. The average molecular weight is 579 g/mol. The van der Waals surface area contributed by atoms with E-state index in [9.17, 15) is 26.3 Å². The summed E-state index contributed by atoms with van der Waals surface area (Å²) in [7, 11) is 4.55. The summed E-state index contributed by atoms with van der Waals surface area (Å²) in [6, 6.07) is 7.76. The summed E-state index contributed by atoms with van der Waals surface area (Å²) in [4.78, 5) is 8.82. The van der Waals surface area contributed by atoms with Crippen LogP contribution in [0.25, 0.3) is 0 Å². The Morgan fingerprint density at radius 2 is 1.00 bits per heavy atom. The highest BCUT2D eigenvalue weighted by molar-refractivity contribution is 8.87. The number of nitrogens with zero attached hydrogens (tertiary/aromatic N) is 2. The van der Waals surface area contributed by atoms with Gasteiger partial charge in [0.1, 0.15) is 23.6 Å². The molecule has 2 aromatic rings. The van der Waals surface area contributed by atoms with Gasteiger partial charge in [-0.05, 0) is 57.0 Å². The SMILES string of the molecule is COc1ccc([C@@H]2C[C@H](C(F)(F)F)NC(SSC3=N[C@H](c4ccc(OC)cc4)C[C@H](C(F)(F)F)N3)=N2)cc1. The van der Waals surface area contributed by atoms with Crippen LogP contribution in [0, 0.1) is 0 Å². The van der Waals surface area contributed by atoms with Gasteiger partial charge >= 0.3 is 12.4 Å². The van der Waals surface area contributed by atoms with E-state index in [1.54, 1.807) is 48.5 Å². The first kappa shape index (κ1) is 28.3. The van der Waals surface area contributed by atoms with E-state index in [4.69, 9.17) is 9.47 Å². The number of nitrogens with one attached hydrogen (secondary N) is 2. The zero-order valence-corrected chi connectivity index (χ0v) is 21.8. The molecule has 38 heavy (non-hydrogen) atoms. The Labute approximate surface area is 223 Å². The predicted octanol–water partition coefficient (Wildman–Crippen LogP) is 6.43. The number of hydrogen-bond acceptors (Lipinski definition) is 8. The first-order valence-electron chi connectivity index (χ1n) is 11.4. The van der Waals surface area contributed by atoms with Gasteiger partial charge in [-0.2, -0.15) is 26.3 Å². The highest BCUT2D eigenvalue weighted by Crippen LogP contribution is 2.40. The van der Waals surface area contributed by atoms with Gasteiger partial charge in [0.2, 0.25) is 0 Å². The van der Waals surface area contributed by atoms with Crippen molar-refractivity contribution in [3.63, 3.8) is 0 Å². The minimum absolute atomic E-state index is 0.0518. The number of hydrogen-bond donors (Lipinski definition) is 2. The Morgan fingerprint density at radius 3 is 1.29 bits per heavy atom. The highest BCUT2D eigenvalue weighted by Gasteiger charge is 2.45. The van der Waals surface area contributed by atoms with Crippen molar-refractivity contribution in [2.24, 2.45) is 9.98 Å². The molecule has 0 aliphatic carbocycles. The van der Waals surface area contributed by atoms with Crippen molar-refractivity contribution < 1.29 is 35.8 Å². The summed E-state index contributed by atoms with van der Waals surface area (Å²) in [5, 5.41) is 4.65. The van der Waals surface area contributed by atoms with E-state index < -0.39 is 36.5 Å². The fourth-order valence-electron chi connectivity index (χ4n) is 4.00. The van der Waals surface area contributed by atoms with Crippen LogP contribution in [-0.2, 0) is 0 Å². The zero-order valence-electron chi connectivity index (χ0n) is 20.1. The van der Waals surface area contributed by atoms with Crippen LogP contribution < -0.4 is 20.1 Å². The fraction of sp³-hybridized carbons (Fsp3) is 0.417. The maximum atomic E-state index is 13.7. The topological polar surface area (TPSA) is 67.2 Å².